The molecule has 156 valence electrons. The maximum absolute atomic E-state index is 12.7. The number of anilines is 1. The van der Waals surface area contributed by atoms with Crippen molar-refractivity contribution in [3.63, 3.8) is 0 Å². The molecule has 3 heterocycles. The van der Waals surface area contributed by atoms with Crippen LogP contribution in [0.2, 0.25) is 0 Å². The maximum Gasteiger partial charge on any atom is 0.223 e. The number of para-hydroxylation sites is 2. The summed E-state index contributed by atoms with van der Waals surface area (Å²) in [5, 5.41) is 3.19. The number of carbonyl (C=O) groups is 1. The first-order valence-electron chi connectivity index (χ1n) is 11.4. The number of amides is 1. The second-order valence-electron chi connectivity index (χ2n) is 8.60. The Balaban J connectivity index is 1.22. The summed E-state index contributed by atoms with van der Waals surface area (Å²) in [6, 6.07) is 12.5. The van der Waals surface area contributed by atoms with Crippen molar-refractivity contribution in [3.8, 4) is 0 Å². The van der Waals surface area contributed by atoms with Crippen molar-refractivity contribution in [2.75, 3.05) is 24.5 Å². The zero-order chi connectivity index (χ0) is 20.3. The van der Waals surface area contributed by atoms with Crippen LogP contribution in [-0.4, -0.2) is 34.9 Å². The topological polar surface area (TPSA) is 49.6 Å². The van der Waals surface area contributed by atoms with Crippen LogP contribution in [-0.2, 0) is 4.79 Å². The minimum Gasteiger partial charge on any atom is -0.356 e. The summed E-state index contributed by atoms with van der Waals surface area (Å²) in [7, 11) is 0. The smallest absolute Gasteiger partial charge is 0.223 e. The molecule has 1 aliphatic carbocycles. The van der Waals surface area contributed by atoms with Crippen LogP contribution in [0.1, 0.15) is 44.9 Å². The van der Waals surface area contributed by atoms with Crippen molar-refractivity contribution >= 4 is 28.3 Å². The van der Waals surface area contributed by atoms with E-state index >= 15 is 0 Å². The van der Waals surface area contributed by atoms with Crippen molar-refractivity contribution in [1.29, 1.82) is 0 Å². The third-order valence-corrected chi connectivity index (χ3v) is 6.64. The van der Waals surface area contributed by atoms with Crippen LogP contribution in [0.4, 0.5) is 5.82 Å². The normalized spacial score (nSPS) is 18.0. The molecule has 5 nitrogen and oxygen atoms in total. The molecule has 0 unspecified atom stereocenters. The Labute approximate surface area is 177 Å². The summed E-state index contributed by atoms with van der Waals surface area (Å²) in [6.45, 7) is 2.52. The summed E-state index contributed by atoms with van der Waals surface area (Å²) in [5.74, 6) is 1.37. The zero-order valence-corrected chi connectivity index (χ0v) is 17.5. The van der Waals surface area contributed by atoms with Crippen LogP contribution in [0.5, 0.6) is 0 Å². The number of allylic oxidation sites excluding steroid dienone is 1. The third-order valence-electron chi connectivity index (χ3n) is 6.64. The van der Waals surface area contributed by atoms with Gasteiger partial charge in [0.1, 0.15) is 0 Å². The predicted molar refractivity (Wildman–Crippen MR) is 122 cm³/mol. The number of aromatic nitrogens is 2. The lowest BCUT2D eigenvalue weighted by Crippen LogP contribution is -2.41. The molecule has 0 radical (unpaired) electrons. The third kappa shape index (κ3) is 3.81. The van der Waals surface area contributed by atoms with E-state index in [1.165, 1.54) is 31.3 Å². The van der Waals surface area contributed by atoms with E-state index in [-0.39, 0.29) is 11.8 Å². The molecule has 1 amide bonds. The molecule has 0 saturated carbocycles. The van der Waals surface area contributed by atoms with Crippen LogP contribution in [0.3, 0.4) is 0 Å². The van der Waals surface area contributed by atoms with E-state index in [1.54, 1.807) is 0 Å². The number of benzene rings is 1. The minimum atomic E-state index is 0.116. The van der Waals surface area contributed by atoms with Gasteiger partial charge in [0.15, 0.2) is 5.82 Å². The fourth-order valence-electron chi connectivity index (χ4n) is 4.92. The Morgan fingerprint density at radius 1 is 1.07 bits per heavy atom. The average molecular weight is 403 g/mol. The molecule has 0 spiro atoms. The summed E-state index contributed by atoms with van der Waals surface area (Å²) in [5.41, 5.74) is 4.80. The molecule has 1 N–H and O–H groups in total. The second-order valence-corrected chi connectivity index (χ2v) is 8.60. The number of fused-ring (bicyclic) bond motifs is 3. The Hall–Kier alpha value is -2.82. The minimum absolute atomic E-state index is 0.116. The molecule has 1 aliphatic heterocycles. The van der Waals surface area contributed by atoms with Crippen LogP contribution >= 0.6 is 0 Å². The summed E-state index contributed by atoms with van der Waals surface area (Å²) in [6.07, 6.45) is 12.3. The quantitative estimate of drug-likeness (QED) is 0.629. The largest absolute Gasteiger partial charge is 0.356 e. The van der Waals surface area contributed by atoms with Gasteiger partial charge in [-0.3, -0.25) is 4.79 Å². The van der Waals surface area contributed by atoms with E-state index in [0.29, 0.717) is 0 Å². The number of nitrogens with one attached hydrogen (secondary N) is 1. The lowest BCUT2D eigenvalue weighted by Gasteiger charge is -2.32. The Kier molecular flexibility index (Phi) is 5.43. The number of rotatable bonds is 5. The van der Waals surface area contributed by atoms with Crippen molar-refractivity contribution in [2.45, 2.75) is 44.9 Å². The van der Waals surface area contributed by atoms with Crippen molar-refractivity contribution in [3.05, 3.63) is 54.2 Å². The zero-order valence-electron chi connectivity index (χ0n) is 17.5. The Morgan fingerprint density at radius 2 is 1.90 bits per heavy atom. The standard InChI is InChI=1S/C25H30N4O/c30-25(26-15-12-19-7-2-1-3-8-19)20-13-17-28(18-14-20)24-23-11-6-16-29(23)22-10-5-4-9-21(22)27-24/h4-7,9-11,16,20H,1-3,8,12-15,17-18H2,(H,26,30). The lowest BCUT2D eigenvalue weighted by molar-refractivity contribution is -0.125. The number of piperidine rings is 1. The molecular weight excluding hydrogens is 372 g/mol. The first-order chi connectivity index (χ1) is 14.8. The molecule has 1 saturated heterocycles. The first kappa shape index (κ1) is 19.2. The van der Waals surface area contributed by atoms with E-state index in [2.05, 4.69) is 57.2 Å². The summed E-state index contributed by atoms with van der Waals surface area (Å²) >= 11 is 0. The highest BCUT2D eigenvalue weighted by Gasteiger charge is 2.26. The van der Waals surface area contributed by atoms with E-state index in [9.17, 15) is 4.79 Å². The van der Waals surface area contributed by atoms with Crippen LogP contribution in [0.15, 0.2) is 54.2 Å². The lowest BCUT2D eigenvalue weighted by atomic mass is 9.95. The number of carbonyl (C=O) groups excluding carboxylic acids is 1. The molecule has 0 atom stereocenters. The molecule has 2 aromatic heterocycles. The van der Waals surface area contributed by atoms with E-state index in [0.717, 1.165) is 61.3 Å². The van der Waals surface area contributed by atoms with Gasteiger partial charge >= 0.3 is 0 Å². The van der Waals surface area contributed by atoms with Gasteiger partial charge in [-0.15, -0.1) is 0 Å². The van der Waals surface area contributed by atoms with Gasteiger partial charge in [-0.05, 0) is 69.2 Å². The first-order valence-corrected chi connectivity index (χ1v) is 11.4. The van der Waals surface area contributed by atoms with Gasteiger partial charge < -0.3 is 14.6 Å². The molecule has 0 bridgehead atoms. The van der Waals surface area contributed by atoms with E-state index < -0.39 is 0 Å². The highest BCUT2D eigenvalue weighted by atomic mass is 16.1. The van der Waals surface area contributed by atoms with Crippen LogP contribution in [0.25, 0.3) is 16.6 Å². The fourth-order valence-corrected chi connectivity index (χ4v) is 4.92. The second kappa shape index (κ2) is 8.50. The molecular formula is C25H30N4O. The predicted octanol–water partition coefficient (Wildman–Crippen LogP) is 4.71. The Morgan fingerprint density at radius 3 is 2.73 bits per heavy atom. The molecule has 2 aliphatic rings. The summed E-state index contributed by atoms with van der Waals surface area (Å²) < 4.78 is 2.22. The molecule has 5 heteroatoms. The van der Waals surface area contributed by atoms with Gasteiger partial charge in [0.2, 0.25) is 5.91 Å². The van der Waals surface area contributed by atoms with Crippen molar-refractivity contribution < 1.29 is 4.79 Å². The molecule has 3 aromatic rings. The number of hydrogen-bond donors (Lipinski definition) is 1. The number of hydrogen-bond acceptors (Lipinski definition) is 3. The van der Waals surface area contributed by atoms with Crippen molar-refractivity contribution in [2.24, 2.45) is 5.92 Å². The van der Waals surface area contributed by atoms with Gasteiger partial charge in [0.05, 0.1) is 16.6 Å². The average Bonchev–Trinajstić information content (AvgIpc) is 3.30. The monoisotopic (exact) mass is 402 g/mol. The maximum atomic E-state index is 12.7. The molecule has 1 aromatic carbocycles. The van der Waals surface area contributed by atoms with E-state index in [1.807, 2.05) is 6.07 Å². The van der Waals surface area contributed by atoms with E-state index in [4.69, 9.17) is 4.98 Å². The van der Waals surface area contributed by atoms with Crippen LogP contribution in [0, 0.1) is 5.92 Å². The molecule has 1 fully saturated rings. The number of nitrogens with zero attached hydrogens (tertiary/aromatic N) is 3. The van der Waals surface area contributed by atoms with Crippen LogP contribution < -0.4 is 10.2 Å². The fraction of sp³-hybridized carbons (Fsp3) is 0.440. The summed E-state index contributed by atoms with van der Waals surface area (Å²) in [4.78, 5) is 20.0. The van der Waals surface area contributed by atoms with Crippen molar-refractivity contribution in [1.82, 2.24) is 14.7 Å². The molecule has 30 heavy (non-hydrogen) atoms. The van der Waals surface area contributed by atoms with Gasteiger partial charge in [-0.1, -0.05) is 23.8 Å². The Bertz CT molecular complexity index is 1080. The highest BCUT2D eigenvalue weighted by Crippen LogP contribution is 2.29. The van der Waals surface area contributed by atoms with Gasteiger partial charge in [-0.25, -0.2) is 4.98 Å². The SMILES string of the molecule is O=C(NCCC1=CCCCC1)C1CCN(c2nc3ccccc3n3cccc23)CC1. The van der Waals surface area contributed by atoms with Gasteiger partial charge in [-0.2, -0.15) is 0 Å². The highest BCUT2D eigenvalue weighted by molar-refractivity contribution is 5.85. The molecule has 5 rings (SSSR count). The van der Waals surface area contributed by atoms with Gasteiger partial charge in [0.25, 0.3) is 0 Å². The van der Waals surface area contributed by atoms with Gasteiger partial charge in [0, 0.05) is 31.7 Å².